The summed E-state index contributed by atoms with van der Waals surface area (Å²) in [6.07, 6.45) is 0. The van der Waals surface area contributed by atoms with Crippen LogP contribution in [0.1, 0.15) is 0 Å². The molecule has 2 aromatic rings. The van der Waals surface area contributed by atoms with Crippen LogP contribution in [0.2, 0.25) is 0 Å². The van der Waals surface area contributed by atoms with Crippen molar-refractivity contribution in [2.45, 2.75) is 0 Å². The molecule has 2 aromatic carbocycles. The monoisotopic (exact) mass is 259 g/mol. The first-order valence-electron chi connectivity index (χ1n) is 4.80. The van der Waals surface area contributed by atoms with Gasteiger partial charge in [0.15, 0.2) is 23.3 Å². The number of nitrogens with two attached hydrogens (primary N) is 1. The smallest absolute Gasteiger partial charge is 0.185 e. The van der Waals surface area contributed by atoms with Crippen molar-refractivity contribution in [2.24, 2.45) is 0 Å². The summed E-state index contributed by atoms with van der Waals surface area (Å²) in [6, 6.07) is 3.85. The van der Waals surface area contributed by atoms with Crippen LogP contribution in [0.3, 0.4) is 0 Å². The molecule has 0 amide bonds. The van der Waals surface area contributed by atoms with E-state index in [0.29, 0.717) is 0 Å². The molecule has 0 aromatic heterocycles. The van der Waals surface area contributed by atoms with Crippen molar-refractivity contribution in [2.75, 3.05) is 5.73 Å². The highest BCUT2D eigenvalue weighted by Crippen LogP contribution is 2.33. The average Bonchev–Trinajstić information content (AvgIpc) is 2.36. The summed E-state index contributed by atoms with van der Waals surface area (Å²) in [5.74, 6) is -7.21. The Kier molecular flexibility index (Phi) is 2.94. The van der Waals surface area contributed by atoms with Crippen LogP contribution in [-0.4, -0.2) is 0 Å². The minimum Gasteiger partial charge on any atom is -0.394 e. The lowest BCUT2D eigenvalue weighted by Crippen LogP contribution is -2.05. The molecule has 0 saturated carbocycles. The quantitative estimate of drug-likeness (QED) is 0.472. The van der Waals surface area contributed by atoms with Crippen molar-refractivity contribution < 1.29 is 22.0 Å². The van der Waals surface area contributed by atoms with Gasteiger partial charge in [0, 0.05) is 0 Å². The van der Waals surface area contributed by atoms with Crippen LogP contribution in [-0.2, 0) is 0 Å². The molecule has 18 heavy (non-hydrogen) atoms. The first-order valence-corrected chi connectivity index (χ1v) is 4.80. The van der Waals surface area contributed by atoms with Gasteiger partial charge in [0.25, 0.3) is 0 Å². The zero-order valence-electron chi connectivity index (χ0n) is 8.78. The third kappa shape index (κ3) is 1.79. The summed E-state index contributed by atoms with van der Waals surface area (Å²) in [6.45, 7) is 0. The Hall–Kier alpha value is -2.11. The van der Waals surface area contributed by atoms with E-state index in [2.05, 4.69) is 0 Å². The maximum Gasteiger partial charge on any atom is 0.185 e. The minimum absolute atomic E-state index is 0.191. The number of halogens is 5. The van der Waals surface area contributed by atoms with Gasteiger partial charge in [-0.15, -0.1) is 0 Å². The molecule has 0 bridgehead atoms. The van der Waals surface area contributed by atoms with Gasteiger partial charge in [0.2, 0.25) is 0 Å². The number of rotatable bonds is 1. The van der Waals surface area contributed by atoms with E-state index < -0.39 is 40.3 Å². The maximum absolute atomic E-state index is 13.5. The maximum atomic E-state index is 13.5. The standard InChI is InChI=1S/C12H6F5N/c13-6-3-1-5(2-4-6)7-8(14)10(16)12(18)11(17)9(7)15/h1-4H,18H2. The van der Waals surface area contributed by atoms with E-state index in [4.69, 9.17) is 5.73 Å². The Balaban J connectivity index is 2.75. The fraction of sp³-hybridized carbons (Fsp3) is 0. The number of hydrogen-bond acceptors (Lipinski definition) is 1. The molecule has 2 rings (SSSR count). The summed E-state index contributed by atoms with van der Waals surface area (Å²) >= 11 is 0. The molecule has 0 aliphatic carbocycles. The summed E-state index contributed by atoms with van der Waals surface area (Å²) < 4.78 is 66.2. The van der Waals surface area contributed by atoms with Crippen LogP contribution in [0.4, 0.5) is 27.6 Å². The van der Waals surface area contributed by atoms with Crippen molar-refractivity contribution in [3.63, 3.8) is 0 Å². The number of anilines is 1. The number of nitrogen functional groups attached to an aromatic ring is 1. The molecule has 0 aliphatic rings. The van der Waals surface area contributed by atoms with Gasteiger partial charge in [-0.2, -0.15) is 0 Å². The predicted molar refractivity (Wildman–Crippen MR) is 56.1 cm³/mol. The zero-order valence-corrected chi connectivity index (χ0v) is 8.78. The second kappa shape index (κ2) is 4.29. The van der Waals surface area contributed by atoms with E-state index >= 15 is 0 Å². The summed E-state index contributed by atoms with van der Waals surface area (Å²) in [7, 11) is 0. The Labute approximate surface area is 98.7 Å². The lowest BCUT2D eigenvalue weighted by atomic mass is 10.0. The molecule has 0 radical (unpaired) electrons. The molecule has 0 atom stereocenters. The van der Waals surface area contributed by atoms with Gasteiger partial charge in [0.1, 0.15) is 11.5 Å². The molecule has 0 unspecified atom stereocenters. The van der Waals surface area contributed by atoms with Crippen LogP contribution >= 0.6 is 0 Å². The van der Waals surface area contributed by atoms with E-state index in [1.807, 2.05) is 0 Å². The lowest BCUT2D eigenvalue weighted by Gasteiger charge is -2.09. The number of benzene rings is 2. The number of hydrogen-bond donors (Lipinski definition) is 1. The van der Waals surface area contributed by atoms with Gasteiger partial charge in [0.05, 0.1) is 5.56 Å². The Morgan fingerprint density at radius 1 is 0.667 bits per heavy atom. The molecule has 0 saturated heterocycles. The van der Waals surface area contributed by atoms with Crippen LogP contribution < -0.4 is 5.73 Å². The average molecular weight is 259 g/mol. The van der Waals surface area contributed by atoms with Gasteiger partial charge in [-0.25, -0.2) is 22.0 Å². The van der Waals surface area contributed by atoms with Crippen molar-refractivity contribution in [1.82, 2.24) is 0 Å². The van der Waals surface area contributed by atoms with Gasteiger partial charge in [-0.1, -0.05) is 12.1 Å². The van der Waals surface area contributed by atoms with Crippen molar-refractivity contribution in [1.29, 1.82) is 0 Å². The Morgan fingerprint density at radius 2 is 1.11 bits per heavy atom. The molecule has 1 nitrogen and oxygen atoms in total. The molecule has 6 heteroatoms. The molecule has 0 aliphatic heterocycles. The zero-order chi connectivity index (χ0) is 13.4. The topological polar surface area (TPSA) is 26.0 Å². The van der Waals surface area contributed by atoms with Crippen molar-refractivity contribution >= 4 is 5.69 Å². The fourth-order valence-electron chi connectivity index (χ4n) is 1.52. The molecule has 0 fully saturated rings. The van der Waals surface area contributed by atoms with Gasteiger partial charge in [-0.3, -0.25) is 0 Å². The predicted octanol–water partition coefficient (Wildman–Crippen LogP) is 3.63. The van der Waals surface area contributed by atoms with Crippen molar-refractivity contribution in [3.8, 4) is 11.1 Å². The highest BCUT2D eigenvalue weighted by atomic mass is 19.2. The molecule has 2 N–H and O–H groups in total. The summed E-state index contributed by atoms with van der Waals surface area (Å²) in [5.41, 5.74) is 2.53. The van der Waals surface area contributed by atoms with Crippen LogP contribution in [0.15, 0.2) is 24.3 Å². The van der Waals surface area contributed by atoms with Crippen LogP contribution in [0.25, 0.3) is 11.1 Å². The third-order valence-electron chi connectivity index (χ3n) is 2.43. The second-order valence-corrected chi connectivity index (χ2v) is 3.55. The van der Waals surface area contributed by atoms with E-state index in [0.717, 1.165) is 24.3 Å². The highest BCUT2D eigenvalue weighted by Gasteiger charge is 2.24. The molecular formula is C12H6F5N. The minimum atomic E-state index is -1.67. The fourth-order valence-corrected chi connectivity index (χ4v) is 1.52. The van der Waals surface area contributed by atoms with E-state index in [9.17, 15) is 22.0 Å². The van der Waals surface area contributed by atoms with Crippen molar-refractivity contribution in [3.05, 3.63) is 53.4 Å². The molecule has 94 valence electrons. The Morgan fingerprint density at radius 3 is 1.56 bits per heavy atom. The second-order valence-electron chi connectivity index (χ2n) is 3.55. The summed E-state index contributed by atoms with van der Waals surface area (Å²) in [4.78, 5) is 0. The van der Waals surface area contributed by atoms with Gasteiger partial charge < -0.3 is 5.73 Å². The molecule has 0 heterocycles. The highest BCUT2D eigenvalue weighted by molar-refractivity contribution is 5.68. The largest absolute Gasteiger partial charge is 0.394 e. The first-order chi connectivity index (χ1) is 8.43. The lowest BCUT2D eigenvalue weighted by molar-refractivity contribution is 0.464. The first kappa shape index (κ1) is 12.3. The summed E-state index contributed by atoms with van der Waals surface area (Å²) in [5, 5.41) is 0. The molecule has 0 spiro atoms. The van der Waals surface area contributed by atoms with E-state index in [1.165, 1.54) is 0 Å². The van der Waals surface area contributed by atoms with E-state index in [-0.39, 0.29) is 5.56 Å². The van der Waals surface area contributed by atoms with Crippen LogP contribution in [0, 0.1) is 29.1 Å². The van der Waals surface area contributed by atoms with Gasteiger partial charge >= 0.3 is 0 Å². The van der Waals surface area contributed by atoms with Gasteiger partial charge in [-0.05, 0) is 17.7 Å². The van der Waals surface area contributed by atoms with E-state index in [1.54, 1.807) is 0 Å². The normalized spacial score (nSPS) is 10.7. The third-order valence-corrected chi connectivity index (χ3v) is 2.43. The SMILES string of the molecule is Nc1c(F)c(F)c(-c2ccc(F)cc2)c(F)c1F. The van der Waals surface area contributed by atoms with Crippen LogP contribution in [0.5, 0.6) is 0 Å². The molecular weight excluding hydrogens is 253 g/mol. The Bertz CT molecular complexity index is 578.